The Morgan fingerprint density at radius 3 is 2.95 bits per heavy atom. The van der Waals surface area contributed by atoms with Gasteiger partial charge in [0.05, 0.1) is 11.1 Å². The molecule has 6 heteroatoms. The normalized spacial score (nSPS) is 11.5. The van der Waals surface area contributed by atoms with E-state index in [1.54, 1.807) is 26.2 Å². The van der Waals surface area contributed by atoms with E-state index in [2.05, 4.69) is 20.5 Å². The maximum absolute atomic E-state index is 11.0. The summed E-state index contributed by atoms with van der Waals surface area (Å²) in [6.07, 6.45) is 4.07. The third-order valence-electron chi connectivity index (χ3n) is 3.41. The third kappa shape index (κ3) is 4.13. The first kappa shape index (κ1) is 15.2. The molecule has 2 heterocycles. The second-order valence-electron chi connectivity index (χ2n) is 5.64. The van der Waals surface area contributed by atoms with Crippen LogP contribution in [0.25, 0.3) is 11.3 Å². The summed E-state index contributed by atoms with van der Waals surface area (Å²) in [6.45, 7) is 4.73. The van der Waals surface area contributed by atoms with Crippen molar-refractivity contribution >= 4 is 5.97 Å². The van der Waals surface area contributed by atoms with Gasteiger partial charge in [0.1, 0.15) is 0 Å². The monoisotopic (exact) mass is 288 g/mol. The number of nitrogens with zero attached hydrogens (tertiary/aromatic N) is 2. The minimum atomic E-state index is -0.773. The van der Waals surface area contributed by atoms with Gasteiger partial charge in [0.25, 0.3) is 0 Å². The number of aromatic nitrogens is 3. The highest BCUT2D eigenvalue weighted by Crippen LogP contribution is 2.19. The number of carboxylic acid groups (broad SMARTS) is 1. The lowest BCUT2D eigenvalue weighted by molar-refractivity contribution is -0.147. The fraction of sp³-hybridized carbons (Fsp3) is 0.400. The highest BCUT2D eigenvalue weighted by Gasteiger charge is 2.26. The zero-order valence-corrected chi connectivity index (χ0v) is 12.3. The molecular weight excluding hydrogens is 268 g/mol. The van der Waals surface area contributed by atoms with Crippen molar-refractivity contribution in [1.82, 2.24) is 20.5 Å². The summed E-state index contributed by atoms with van der Waals surface area (Å²) in [4.78, 5) is 15.1. The van der Waals surface area contributed by atoms with Crippen molar-refractivity contribution in [2.45, 2.75) is 26.8 Å². The second kappa shape index (κ2) is 6.49. The van der Waals surface area contributed by atoms with Crippen molar-refractivity contribution in [3.8, 4) is 11.3 Å². The number of aliphatic carboxylic acids is 1. The summed E-state index contributed by atoms with van der Waals surface area (Å²) in [5, 5.41) is 19.5. The zero-order chi connectivity index (χ0) is 15.3. The summed E-state index contributed by atoms with van der Waals surface area (Å²) in [5.74, 6) is -0.773. The van der Waals surface area contributed by atoms with E-state index in [0.29, 0.717) is 19.5 Å². The smallest absolute Gasteiger partial charge is 0.309 e. The van der Waals surface area contributed by atoms with Crippen LogP contribution in [-0.2, 0) is 11.3 Å². The Morgan fingerprint density at radius 2 is 2.29 bits per heavy atom. The predicted molar refractivity (Wildman–Crippen MR) is 79.6 cm³/mol. The van der Waals surface area contributed by atoms with Crippen molar-refractivity contribution in [3.05, 3.63) is 36.3 Å². The average molecular weight is 288 g/mol. The third-order valence-corrected chi connectivity index (χ3v) is 3.41. The van der Waals surface area contributed by atoms with Gasteiger partial charge in [-0.25, -0.2) is 0 Å². The van der Waals surface area contributed by atoms with Crippen LogP contribution in [-0.4, -0.2) is 32.8 Å². The molecule has 0 aromatic carbocycles. The van der Waals surface area contributed by atoms with Crippen LogP contribution in [0, 0.1) is 5.41 Å². The van der Waals surface area contributed by atoms with Gasteiger partial charge in [0.2, 0.25) is 0 Å². The molecule has 0 fully saturated rings. The number of H-pyrrole nitrogens is 1. The van der Waals surface area contributed by atoms with Gasteiger partial charge in [-0.05, 0) is 45.0 Å². The van der Waals surface area contributed by atoms with Crippen LogP contribution >= 0.6 is 0 Å². The minimum Gasteiger partial charge on any atom is -0.481 e. The molecule has 2 rings (SSSR count). The number of aromatic amines is 1. The van der Waals surface area contributed by atoms with Crippen molar-refractivity contribution in [2.24, 2.45) is 5.41 Å². The molecule has 6 nitrogen and oxygen atoms in total. The lowest BCUT2D eigenvalue weighted by Crippen LogP contribution is -2.28. The molecule has 2 aromatic rings. The molecule has 112 valence electrons. The number of hydrogen-bond acceptors (Lipinski definition) is 4. The molecule has 0 saturated carbocycles. The van der Waals surface area contributed by atoms with E-state index in [-0.39, 0.29) is 0 Å². The number of nitrogens with one attached hydrogen (secondary N) is 2. The van der Waals surface area contributed by atoms with Gasteiger partial charge >= 0.3 is 5.97 Å². The molecule has 0 radical (unpaired) electrons. The van der Waals surface area contributed by atoms with E-state index in [4.69, 9.17) is 5.11 Å². The van der Waals surface area contributed by atoms with Gasteiger partial charge in [-0.1, -0.05) is 0 Å². The van der Waals surface area contributed by atoms with Gasteiger partial charge in [0.15, 0.2) is 0 Å². The fourth-order valence-corrected chi connectivity index (χ4v) is 1.85. The van der Waals surface area contributed by atoms with E-state index in [9.17, 15) is 4.79 Å². The van der Waals surface area contributed by atoms with E-state index in [1.807, 2.05) is 18.2 Å². The minimum absolute atomic E-state index is 0.575. The molecule has 0 aliphatic carbocycles. The van der Waals surface area contributed by atoms with Crippen molar-refractivity contribution in [1.29, 1.82) is 0 Å². The van der Waals surface area contributed by atoms with Crippen LogP contribution in [0.1, 0.15) is 26.0 Å². The standard InChI is InChI=1S/C15H20N4O2/c1-15(2,14(20)21)5-7-17-10-12-8-13(19-18-12)11-4-3-6-16-9-11/h3-4,6,8-9,17H,5,7,10H2,1-2H3,(H,18,19)(H,20,21). The first-order chi connectivity index (χ1) is 9.99. The Hall–Kier alpha value is -2.21. The largest absolute Gasteiger partial charge is 0.481 e. The van der Waals surface area contributed by atoms with E-state index < -0.39 is 11.4 Å². The summed E-state index contributed by atoms with van der Waals surface area (Å²) in [5.41, 5.74) is 2.07. The fourth-order valence-electron chi connectivity index (χ4n) is 1.85. The first-order valence-corrected chi connectivity index (χ1v) is 6.88. The predicted octanol–water partition coefficient (Wildman–Crippen LogP) is 2.06. The Balaban J connectivity index is 1.83. The molecule has 3 N–H and O–H groups in total. The van der Waals surface area contributed by atoms with Crippen LogP contribution in [0.5, 0.6) is 0 Å². The summed E-state index contributed by atoms with van der Waals surface area (Å²) in [7, 11) is 0. The van der Waals surface area contributed by atoms with E-state index >= 15 is 0 Å². The first-order valence-electron chi connectivity index (χ1n) is 6.88. The van der Waals surface area contributed by atoms with E-state index in [0.717, 1.165) is 17.0 Å². The Kier molecular flexibility index (Phi) is 4.70. The van der Waals surface area contributed by atoms with Gasteiger partial charge in [-0.15, -0.1) is 0 Å². The molecule has 0 bridgehead atoms. The topological polar surface area (TPSA) is 90.9 Å². The highest BCUT2D eigenvalue weighted by atomic mass is 16.4. The van der Waals surface area contributed by atoms with Gasteiger partial charge in [0, 0.05) is 30.2 Å². The molecule has 2 aromatic heterocycles. The van der Waals surface area contributed by atoms with Crippen molar-refractivity contribution < 1.29 is 9.90 Å². The van der Waals surface area contributed by atoms with Crippen LogP contribution in [0.4, 0.5) is 0 Å². The lowest BCUT2D eigenvalue weighted by atomic mass is 9.90. The van der Waals surface area contributed by atoms with E-state index in [1.165, 1.54) is 0 Å². The maximum Gasteiger partial charge on any atom is 0.309 e. The molecule has 0 aliphatic rings. The van der Waals surface area contributed by atoms with Crippen LogP contribution in [0.2, 0.25) is 0 Å². The van der Waals surface area contributed by atoms with Crippen molar-refractivity contribution in [3.63, 3.8) is 0 Å². The van der Waals surface area contributed by atoms with Gasteiger partial charge in [-0.2, -0.15) is 5.10 Å². The highest BCUT2D eigenvalue weighted by molar-refractivity contribution is 5.73. The molecule has 0 aliphatic heterocycles. The van der Waals surface area contributed by atoms with Crippen molar-refractivity contribution in [2.75, 3.05) is 6.54 Å². The number of carbonyl (C=O) groups is 1. The van der Waals surface area contributed by atoms with Gasteiger partial charge in [-0.3, -0.25) is 14.9 Å². The molecule has 21 heavy (non-hydrogen) atoms. The van der Waals surface area contributed by atoms with Crippen LogP contribution in [0.3, 0.4) is 0 Å². The number of rotatable bonds is 7. The Bertz CT molecular complexity index is 593. The Morgan fingerprint density at radius 1 is 1.48 bits per heavy atom. The number of pyridine rings is 1. The SMILES string of the molecule is CC(C)(CCNCc1cc(-c2cccnc2)n[nH]1)C(=O)O. The Labute approximate surface area is 123 Å². The van der Waals surface area contributed by atoms with Gasteiger partial charge < -0.3 is 10.4 Å². The molecule has 0 atom stereocenters. The lowest BCUT2D eigenvalue weighted by Gasteiger charge is -2.18. The average Bonchev–Trinajstić information content (AvgIpc) is 2.93. The maximum atomic E-state index is 11.0. The molecule has 0 spiro atoms. The second-order valence-corrected chi connectivity index (χ2v) is 5.64. The summed E-state index contributed by atoms with van der Waals surface area (Å²) < 4.78 is 0. The number of hydrogen-bond donors (Lipinski definition) is 3. The summed E-state index contributed by atoms with van der Waals surface area (Å²) in [6, 6.07) is 5.79. The number of carboxylic acids is 1. The molecular formula is C15H20N4O2. The van der Waals surface area contributed by atoms with Crippen LogP contribution in [0.15, 0.2) is 30.6 Å². The summed E-state index contributed by atoms with van der Waals surface area (Å²) >= 11 is 0. The molecule has 0 unspecified atom stereocenters. The van der Waals surface area contributed by atoms with Crippen LogP contribution < -0.4 is 5.32 Å². The molecule has 0 saturated heterocycles. The quantitative estimate of drug-likeness (QED) is 0.678. The molecule has 0 amide bonds. The zero-order valence-electron chi connectivity index (χ0n) is 12.3.